The predicted molar refractivity (Wildman–Crippen MR) is 128 cm³/mol. The number of hydrogen-bond acceptors (Lipinski definition) is 6. The summed E-state index contributed by atoms with van der Waals surface area (Å²) in [4.78, 5) is 15.7. The van der Waals surface area contributed by atoms with Gasteiger partial charge in [0.15, 0.2) is 5.82 Å². The lowest BCUT2D eigenvalue weighted by Crippen LogP contribution is -2.14. The third kappa shape index (κ3) is 5.72. The van der Waals surface area contributed by atoms with Crippen LogP contribution in [0.4, 0.5) is 0 Å². The average molecular weight is 460 g/mol. The van der Waals surface area contributed by atoms with Gasteiger partial charge in [-0.1, -0.05) is 68.8 Å². The number of carboxylic acid groups (broad SMARTS) is 1. The Balaban J connectivity index is 1.53. The molecule has 0 aliphatic carbocycles. The van der Waals surface area contributed by atoms with Crippen molar-refractivity contribution in [1.82, 2.24) is 35.4 Å². The van der Waals surface area contributed by atoms with Gasteiger partial charge < -0.3 is 5.11 Å². The van der Waals surface area contributed by atoms with E-state index in [2.05, 4.69) is 68.8 Å². The highest BCUT2D eigenvalue weighted by atomic mass is 16.4. The Bertz CT molecular complexity index is 1200. The van der Waals surface area contributed by atoms with Gasteiger partial charge in [-0.25, -0.2) is 14.8 Å². The number of aromatic amines is 1. The van der Waals surface area contributed by atoms with E-state index in [0.717, 1.165) is 40.9 Å². The molecule has 4 aromatic rings. The number of tetrazole rings is 1. The quantitative estimate of drug-likeness (QED) is 0.337. The smallest absolute Gasteiger partial charge is 0.303 e. The van der Waals surface area contributed by atoms with E-state index in [-0.39, 0.29) is 12.3 Å². The second kappa shape index (κ2) is 10.8. The highest BCUT2D eigenvalue weighted by molar-refractivity contribution is 5.80. The van der Waals surface area contributed by atoms with Crippen LogP contribution in [0.15, 0.2) is 54.9 Å². The molecule has 0 amide bonds. The molecule has 9 nitrogen and oxygen atoms in total. The minimum atomic E-state index is -0.780. The van der Waals surface area contributed by atoms with Crippen LogP contribution in [0.1, 0.15) is 56.8 Å². The number of hydrogen-bond donors (Lipinski definition) is 2. The van der Waals surface area contributed by atoms with Crippen LogP contribution in [-0.4, -0.2) is 46.5 Å². The van der Waals surface area contributed by atoms with Gasteiger partial charge in [0.25, 0.3) is 0 Å². The van der Waals surface area contributed by atoms with E-state index in [0.29, 0.717) is 24.7 Å². The van der Waals surface area contributed by atoms with Gasteiger partial charge in [0.1, 0.15) is 12.2 Å². The summed E-state index contributed by atoms with van der Waals surface area (Å²) in [6.07, 6.45) is 4.17. The van der Waals surface area contributed by atoms with Gasteiger partial charge in [0, 0.05) is 17.9 Å². The molecule has 0 fully saturated rings. The highest BCUT2D eigenvalue weighted by Crippen LogP contribution is 2.30. The zero-order valence-corrected chi connectivity index (χ0v) is 19.4. The Hall–Kier alpha value is -3.88. The summed E-state index contributed by atoms with van der Waals surface area (Å²) < 4.78 is 1.90. The van der Waals surface area contributed by atoms with Crippen molar-refractivity contribution < 1.29 is 9.90 Å². The summed E-state index contributed by atoms with van der Waals surface area (Å²) >= 11 is 0. The van der Waals surface area contributed by atoms with Crippen molar-refractivity contribution in [3.05, 3.63) is 66.2 Å². The lowest BCUT2D eigenvalue weighted by Gasteiger charge is -2.18. The van der Waals surface area contributed by atoms with Crippen molar-refractivity contribution in [2.45, 2.75) is 52.0 Å². The number of rotatable bonds is 11. The molecule has 0 bridgehead atoms. The number of nitrogens with one attached hydrogen (secondary N) is 1. The number of carbonyl (C=O) groups is 1. The van der Waals surface area contributed by atoms with E-state index in [1.807, 2.05) is 28.9 Å². The maximum absolute atomic E-state index is 11.2. The minimum Gasteiger partial charge on any atom is -0.481 e. The molecule has 0 aliphatic rings. The molecule has 0 saturated carbocycles. The molecule has 2 N–H and O–H groups in total. The van der Waals surface area contributed by atoms with E-state index in [1.165, 1.54) is 0 Å². The van der Waals surface area contributed by atoms with E-state index in [1.54, 1.807) is 6.33 Å². The monoisotopic (exact) mass is 459 g/mol. The van der Waals surface area contributed by atoms with Crippen LogP contribution in [0.2, 0.25) is 0 Å². The molecule has 0 spiro atoms. The van der Waals surface area contributed by atoms with Crippen LogP contribution in [0.3, 0.4) is 0 Å². The molecule has 0 saturated heterocycles. The Morgan fingerprint density at radius 2 is 1.79 bits per heavy atom. The first-order chi connectivity index (χ1) is 16.5. The summed E-state index contributed by atoms with van der Waals surface area (Å²) in [7, 11) is 0. The fourth-order valence-electron chi connectivity index (χ4n) is 4.12. The van der Waals surface area contributed by atoms with Crippen LogP contribution in [0.25, 0.3) is 22.5 Å². The van der Waals surface area contributed by atoms with E-state index in [4.69, 9.17) is 0 Å². The number of aromatic nitrogens is 7. The fraction of sp³-hybridized carbons (Fsp3) is 0.360. The van der Waals surface area contributed by atoms with Crippen molar-refractivity contribution in [2.24, 2.45) is 5.92 Å². The number of aliphatic carboxylic acids is 1. The van der Waals surface area contributed by atoms with Crippen LogP contribution in [0.5, 0.6) is 0 Å². The molecule has 2 heterocycles. The van der Waals surface area contributed by atoms with Crippen molar-refractivity contribution >= 4 is 5.97 Å². The van der Waals surface area contributed by atoms with Crippen LogP contribution in [-0.2, 0) is 11.3 Å². The number of H-pyrrole nitrogens is 1. The van der Waals surface area contributed by atoms with Crippen molar-refractivity contribution in [2.75, 3.05) is 0 Å². The van der Waals surface area contributed by atoms with Gasteiger partial charge in [-0.3, -0.25) is 4.79 Å². The first-order valence-electron chi connectivity index (χ1n) is 11.5. The average Bonchev–Trinajstić information content (AvgIpc) is 3.52. The van der Waals surface area contributed by atoms with Crippen LogP contribution < -0.4 is 0 Å². The molecular weight excluding hydrogens is 430 g/mol. The molecule has 0 aliphatic heterocycles. The van der Waals surface area contributed by atoms with E-state index >= 15 is 0 Å². The SMILES string of the molecule is CC(C)CCC(CCC(=O)O)c1ncnn1Cc1ccc(-c2ccccc2-c2nnn[nH]2)cc1. The first kappa shape index (κ1) is 23.3. The molecule has 176 valence electrons. The zero-order valence-electron chi connectivity index (χ0n) is 19.4. The van der Waals surface area contributed by atoms with Crippen LogP contribution in [0, 0.1) is 5.92 Å². The number of carboxylic acids is 1. The highest BCUT2D eigenvalue weighted by Gasteiger charge is 2.20. The zero-order chi connectivity index (χ0) is 23.9. The lowest BCUT2D eigenvalue weighted by atomic mass is 9.93. The first-order valence-corrected chi connectivity index (χ1v) is 11.5. The Kier molecular flexibility index (Phi) is 7.41. The second-order valence-corrected chi connectivity index (χ2v) is 8.87. The summed E-state index contributed by atoms with van der Waals surface area (Å²) in [5.74, 6) is 1.32. The second-order valence-electron chi connectivity index (χ2n) is 8.87. The maximum Gasteiger partial charge on any atom is 0.303 e. The topological polar surface area (TPSA) is 122 Å². The summed E-state index contributed by atoms with van der Waals surface area (Å²) in [6.45, 7) is 4.93. The maximum atomic E-state index is 11.2. The molecule has 34 heavy (non-hydrogen) atoms. The van der Waals surface area contributed by atoms with Crippen LogP contribution >= 0.6 is 0 Å². The van der Waals surface area contributed by atoms with E-state index < -0.39 is 5.97 Å². The molecule has 2 aromatic carbocycles. The van der Waals surface area contributed by atoms with Gasteiger partial charge >= 0.3 is 5.97 Å². The van der Waals surface area contributed by atoms with Gasteiger partial charge in [0.2, 0.25) is 0 Å². The minimum absolute atomic E-state index is 0.0719. The molecule has 4 rings (SSSR count). The molecular formula is C25H29N7O2. The molecule has 0 radical (unpaired) electrons. The third-order valence-electron chi connectivity index (χ3n) is 5.93. The van der Waals surface area contributed by atoms with Gasteiger partial charge in [0.05, 0.1) is 6.54 Å². The van der Waals surface area contributed by atoms with Gasteiger partial charge in [-0.2, -0.15) is 5.10 Å². The molecule has 2 aromatic heterocycles. The molecule has 1 atom stereocenters. The van der Waals surface area contributed by atoms with Gasteiger partial charge in [-0.05, 0) is 45.9 Å². The Morgan fingerprint density at radius 1 is 1.03 bits per heavy atom. The van der Waals surface area contributed by atoms with E-state index in [9.17, 15) is 9.90 Å². The standard InChI is InChI=1S/C25H29N7O2/c1-17(2)7-10-20(13-14-23(33)34)25-26-16-27-32(25)15-18-8-11-19(12-9-18)21-5-3-4-6-22(21)24-28-30-31-29-24/h3-6,8-9,11-12,16-17,20H,7,10,13-15H2,1-2H3,(H,33,34)(H,28,29,30,31). The fourth-order valence-corrected chi connectivity index (χ4v) is 4.12. The van der Waals surface area contributed by atoms with Crippen molar-refractivity contribution in [3.8, 4) is 22.5 Å². The van der Waals surface area contributed by atoms with Gasteiger partial charge in [-0.15, -0.1) is 5.10 Å². The lowest BCUT2D eigenvalue weighted by molar-refractivity contribution is -0.137. The number of nitrogens with zero attached hydrogens (tertiary/aromatic N) is 6. The van der Waals surface area contributed by atoms with Crippen molar-refractivity contribution in [1.29, 1.82) is 0 Å². The summed E-state index contributed by atoms with van der Waals surface area (Å²) in [6, 6.07) is 16.3. The normalized spacial score (nSPS) is 12.2. The Morgan fingerprint density at radius 3 is 2.47 bits per heavy atom. The molecule has 9 heteroatoms. The Labute approximate surface area is 198 Å². The number of benzene rings is 2. The largest absolute Gasteiger partial charge is 0.481 e. The molecule has 1 unspecified atom stereocenters. The summed E-state index contributed by atoms with van der Waals surface area (Å²) in [5.41, 5.74) is 4.13. The van der Waals surface area contributed by atoms with Crippen molar-refractivity contribution in [3.63, 3.8) is 0 Å². The predicted octanol–water partition coefficient (Wildman–Crippen LogP) is 4.56. The summed E-state index contributed by atoms with van der Waals surface area (Å²) in [5, 5.41) is 27.9. The third-order valence-corrected chi connectivity index (χ3v) is 5.93.